The van der Waals surface area contributed by atoms with Gasteiger partial charge in [-0.25, -0.2) is 8.42 Å². The third-order valence-electron chi connectivity index (χ3n) is 2.77. The molecular weight excluding hydrogens is 344 g/mol. The topological polar surface area (TPSA) is 67.4 Å². The number of sulfonamides is 1. The van der Waals surface area contributed by atoms with Gasteiger partial charge < -0.3 is 10.1 Å². The van der Waals surface area contributed by atoms with Gasteiger partial charge in [0.05, 0.1) is 18.0 Å². The van der Waals surface area contributed by atoms with E-state index in [1.165, 1.54) is 7.11 Å². The number of halogens is 1. The van der Waals surface area contributed by atoms with Crippen LogP contribution in [0.5, 0.6) is 5.75 Å². The van der Waals surface area contributed by atoms with Gasteiger partial charge in [-0.2, -0.15) is 0 Å². The van der Waals surface area contributed by atoms with Crippen LogP contribution in [0.1, 0.15) is 20.8 Å². The van der Waals surface area contributed by atoms with E-state index in [2.05, 4.69) is 26.0 Å². The fourth-order valence-corrected chi connectivity index (χ4v) is 2.94. The Bertz CT molecular complexity index is 547. The number of anilines is 1. The maximum absolute atomic E-state index is 12.3. The van der Waals surface area contributed by atoms with Gasteiger partial charge in [0.1, 0.15) is 5.75 Å². The zero-order chi connectivity index (χ0) is 15.3. The fraction of sp³-hybridized carbons (Fsp3) is 0.538. The molecule has 0 fully saturated rings. The van der Waals surface area contributed by atoms with Gasteiger partial charge in [-0.05, 0) is 35.0 Å². The SMILES string of the molecule is COc1ccc(Br)c(NS(=O)(=O)C(C)CNC(C)C)c1. The molecule has 5 nitrogen and oxygen atoms in total. The first-order valence-corrected chi connectivity index (χ1v) is 8.68. The van der Waals surface area contributed by atoms with Gasteiger partial charge in [0.2, 0.25) is 10.0 Å². The summed E-state index contributed by atoms with van der Waals surface area (Å²) in [7, 11) is -1.92. The van der Waals surface area contributed by atoms with Gasteiger partial charge in [0.25, 0.3) is 0 Å². The van der Waals surface area contributed by atoms with Gasteiger partial charge in [0, 0.05) is 23.1 Å². The minimum atomic E-state index is -3.45. The summed E-state index contributed by atoms with van der Waals surface area (Å²) in [5.74, 6) is 0.596. The van der Waals surface area contributed by atoms with Crippen molar-refractivity contribution in [1.29, 1.82) is 0 Å². The second-order valence-electron chi connectivity index (χ2n) is 4.87. The monoisotopic (exact) mass is 364 g/mol. The summed E-state index contributed by atoms with van der Waals surface area (Å²) in [6.07, 6.45) is 0. The van der Waals surface area contributed by atoms with Crippen molar-refractivity contribution in [1.82, 2.24) is 5.32 Å². The van der Waals surface area contributed by atoms with Crippen molar-refractivity contribution in [2.75, 3.05) is 18.4 Å². The summed E-state index contributed by atoms with van der Waals surface area (Å²) in [5, 5.41) is 2.58. The van der Waals surface area contributed by atoms with Crippen LogP contribution >= 0.6 is 15.9 Å². The largest absolute Gasteiger partial charge is 0.497 e. The van der Waals surface area contributed by atoms with E-state index in [1.807, 2.05) is 13.8 Å². The maximum atomic E-state index is 12.3. The van der Waals surface area contributed by atoms with E-state index in [0.717, 1.165) is 0 Å². The van der Waals surface area contributed by atoms with Gasteiger partial charge >= 0.3 is 0 Å². The van der Waals surface area contributed by atoms with Crippen LogP contribution in [0.2, 0.25) is 0 Å². The van der Waals surface area contributed by atoms with Crippen LogP contribution in [0.25, 0.3) is 0 Å². The van der Waals surface area contributed by atoms with Crippen LogP contribution in [0.15, 0.2) is 22.7 Å². The summed E-state index contributed by atoms with van der Waals surface area (Å²) >= 11 is 3.33. The second-order valence-corrected chi connectivity index (χ2v) is 7.82. The first kappa shape index (κ1) is 17.3. The van der Waals surface area contributed by atoms with Crippen LogP contribution in [0, 0.1) is 0 Å². The number of rotatable bonds is 7. The Labute approximate surface area is 129 Å². The molecule has 7 heteroatoms. The Balaban J connectivity index is 2.85. The molecule has 0 heterocycles. The lowest BCUT2D eigenvalue weighted by molar-refractivity contribution is 0.415. The van der Waals surface area contributed by atoms with E-state index in [1.54, 1.807) is 25.1 Å². The lowest BCUT2D eigenvalue weighted by Crippen LogP contribution is -2.37. The highest BCUT2D eigenvalue weighted by Gasteiger charge is 2.21. The standard InChI is InChI=1S/C13H21BrN2O3S/c1-9(2)15-8-10(3)20(17,18)16-13-7-11(19-4)5-6-12(13)14/h5-7,9-10,15-16H,8H2,1-4H3. The summed E-state index contributed by atoms with van der Waals surface area (Å²) in [4.78, 5) is 0. The molecule has 20 heavy (non-hydrogen) atoms. The van der Waals surface area contributed by atoms with Crippen LogP contribution in [-0.4, -0.2) is 33.4 Å². The third kappa shape index (κ3) is 4.96. The molecule has 0 aliphatic heterocycles. The lowest BCUT2D eigenvalue weighted by atomic mass is 10.3. The average Bonchev–Trinajstić information content (AvgIpc) is 2.38. The van der Waals surface area contributed by atoms with Gasteiger partial charge in [-0.15, -0.1) is 0 Å². The Morgan fingerprint density at radius 2 is 1.95 bits per heavy atom. The van der Waals surface area contributed by atoms with Crippen molar-refractivity contribution in [3.05, 3.63) is 22.7 Å². The van der Waals surface area contributed by atoms with Crippen molar-refractivity contribution >= 4 is 31.6 Å². The molecule has 0 spiro atoms. The number of nitrogens with one attached hydrogen (secondary N) is 2. The highest BCUT2D eigenvalue weighted by atomic mass is 79.9. The number of hydrogen-bond acceptors (Lipinski definition) is 4. The number of methoxy groups -OCH3 is 1. The number of benzene rings is 1. The predicted octanol–water partition coefficient (Wildman–Crippen LogP) is 2.59. The number of hydrogen-bond donors (Lipinski definition) is 2. The minimum Gasteiger partial charge on any atom is -0.497 e. The molecule has 0 aromatic heterocycles. The highest BCUT2D eigenvalue weighted by molar-refractivity contribution is 9.10. The molecular formula is C13H21BrN2O3S. The first-order chi connectivity index (χ1) is 9.26. The smallest absolute Gasteiger partial charge is 0.236 e. The molecule has 1 rings (SSSR count). The first-order valence-electron chi connectivity index (χ1n) is 6.35. The third-order valence-corrected chi connectivity index (χ3v) is 5.19. The number of ether oxygens (including phenoxy) is 1. The fourth-order valence-electron chi connectivity index (χ4n) is 1.47. The summed E-state index contributed by atoms with van der Waals surface area (Å²) in [6.45, 7) is 6.03. The zero-order valence-electron chi connectivity index (χ0n) is 12.1. The quantitative estimate of drug-likeness (QED) is 0.780. The molecule has 2 N–H and O–H groups in total. The molecule has 0 aliphatic carbocycles. The molecule has 0 saturated heterocycles. The summed E-state index contributed by atoms with van der Waals surface area (Å²) < 4.78 is 32.9. The van der Waals surface area contributed by atoms with Crippen LogP contribution < -0.4 is 14.8 Å². The summed E-state index contributed by atoms with van der Waals surface area (Å²) in [5.41, 5.74) is 0.473. The van der Waals surface area contributed by atoms with Crippen LogP contribution in [-0.2, 0) is 10.0 Å². The van der Waals surface area contributed by atoms with Crippen LogP contribution in [0.4, 0.5) is 5.69 Å². The van der Waals surface area contributed by atoms with E-state index in [0.29, 0.717) is 22.5 Å². The summed E-state index contributed by atoms with van der Waals surface area (Å²) in [6, 6.07) is 5.39. The van der Waals surface area contributed by atoms with Gasteiger partial charge in [-0.3, -0.25) is 4.72 Å². The minimum absolute atomic E-state index is 0.246. The molecule has 1 aromatic carbocycles. The molecule has 0 bridgehead atoms. The van der Waals surface area contributed by atoms with Crippen molar-refractivity contribution in [2.45, 2.75) is 32.1 Å². The Kier molecular flexibility index (Phi) is 6.29. The molecule has 0 saturated carbocycles. The zero-order valence-corrected chi connectivity index (χ0v) is 14.5. The Hall–Kier alpha value is -0.790. The van der Waals surface area contributed by atoms with Crippen molar-refractivity contribution < 1.29 is 13.2 Å². The molecule has 0 amide bonds. The maximum Gasteiger partial charge on any atom is 0.236 e. The lowest BCUT2D eigenvalue weighted by Gasteiger charge is -2.18. The van der Waals surface area contributed by atoms with E-state index in [4.69, 9.17) is 4.74 Å². The molecule has 1 aromatic rings. The van der Waals surface area contributed by atoms with E-state index in [9.17, 15) is 8.42 Å². The van der Waals surface area contributed by atoms with Gasteiger partial charge in [0.15, 0.2) is 0 Å². The molecule has 0 radical (unpaired) electrons. The van der Waals surface area contributed by atoms with Gasteiger partial charge in [-0.1, -0.05) is 13.8 Å². The van der Waals surface area contributed by atoms with Crippen molar-refractivity contribution in [3.8, 4) is 5.75 Å². The van der Waals surface area contributed by atoms with Crippen molar-refractivity contribution in [2.24, 2.45) is 0 Å². The Morgan fingerprint density at radius 1 is 1.30 bits per heavy atom. The van der Waals surface area contributed by atoms with E-state index in [-0.39, 0.29) is 6.04 Å². The molecule has 0 aliphatic rings. The predicted molar refractivity (Wildman–Crippen MR) is 85.8 cm³/mol. The molecule has 114 valence electrons. The van der Waals surface area contributed by atoms with Crippen LogP contribution in [0.3, 0.4) is 0 Å². The molecule has 1 unspecified atom stereocenters. The molecule has 1 atom stereocenters. The van der Waals surface area contributed by atoms with E-state index >= 15 is 0 Å². The highest BCUT2D eigenvalue weighted by Crippen LogP contribution is 2.28. The second kappa shape index (κ2) is 7.28. The average molecular weight is 365 g/mol. The van der Waals surface area contributed by atoms with Crippen molar-refractivity contribution in [3.63, 3.8) is 0 Å². The Morgan fingerprint density at radius 3 is 2.50 bits per heavy atom. The van der Waals surface area contributed by atoms with E-state index < -0.39 is 15.3 Å². The normalized spacial score (nSPS) is 13.3.